The number of benzene rings is 2. The maximum absolute atomic E-state index is 11.4. The van der Waals surface area contributed by atoms with E-state index in [1.807, 2.05) is 54.8 Å². The molecule has 0 saturated heterocycles. The lowest BCUT2D eigenvalue weighted by Gasteiger charge is -2.14. The van der Waals surface area contributed by atoms with Crippen LogP contribution in [0.25, 0.3) is 11.4 Å². The molecule has 0 fully saturated rings. The first-order chi connectivity index (χ1) is 13.8. The SMILES string of the molecule is COc1ccc(Cn2c(-c3ccc(OC)c(C)c3)nc(Cl)c2CC(=O)O)cc1C. The number of halogens is 1. The van der Waals surface area contributed by atoms with Gasteiger partial charge in [-0.25, -0.2) is 4.98 Å². The number of carboxylic acid groups (broad SMARTS) is 1. The van der Waals surface area contributed by atoms with Crippen molar-refractivity contribution in [1.82, 2.24) is 9.55 Å². The van der Waals surface area contributed by atoms with Crippen LogP contribution >= 0.6 is 11.6 Å². The normalized spacial score (nSPS) is 10.8. The summed E-state index contributed by atoms with van der Waals surface area (Å²) in [6.07, 6.45) is -0.212. The predicted molar refractivity (Wildman–Crippen MR) is 112 cm³/mol. The number of hydrogen-bond donors (Lipinski definition) is 1. The number of rotatable bonds is 7. The van der Waals surface area contributed by atoms with Crippen LogP contribution < -0.4 is 9.47 Å². The summed E-state index contributed by atoms with van der Waals surface area (Å²) in [6, 6.07) is 11.6. The summed E-state index contributed by atoms with van der Waals surface area (Å²) in [5.41, 5.74) is 4.26. The van der Waals surface area contributed by atoms with Gasteiger partial charge in [0.15, 0.2) is 5.15 Å². The van der Waals surface area contributed by atoms with Crippen molar-refractivity contribution in [2.24, 2.45) is 0 Å². The monoisotopic (exact) mass is 414 g/mol. The second-order valence-electron chi connectivity index (χ2n) is 6.82. The van der Waals surface area contributed by atoms with Gasteiger partial charge in [0.1, 0.15) is 17.3 Å². The van der Waals surface area contributed by atoms with Crippen LogP contribution in [-0.2, 0) is 17.8 Å². The third-order valence-corrected chi connectivity index (χ3v) is 5.10. The van der Waals surface area contributed by atoms with Crippen molar-refractivity contribution in [2.45, 2.75) is 26.8 Å². The second-order valence-corrected chi connectivity index (χ2v) is 7.18. The first kappa shape index (κ1) is 20.7. The zero-order valence-corrected chi connectivity index (χ0v) is 17.6. The van der Waals surface area contributed by atoms with Crippen LogP contribution in [0.5, 0.6) is 11.5 Å². The highest BCUT2D eigenvalue weighted by molar-refractivity contribution is 6.30. The first-order valence-electron chi connectivity index (χ1n) is 9.09. The molecule has 0 aliphatic rings. The molecule has 0 unspecified atom stereocenters. The molecule has 3 rings (SSSR count). The van der Waals surface area contributed by atoms with Gasteiger partial charge in [-0.1, -0.05) is 23.7 Å². The van der Waals surface area contributed by atoms with E-state index >= 15 is 0 Å². The minimum atomic E-state index is -0.962. The fraction of sp³-hybridized carbons (Fsp3) is 0.273. The summed E-state index contributed by atoms with van der Waals surface area (Å²) in [6.45, 7) is 4.35. The number of carboxylic acids is 1. The molecule has 0 atom stereocenters. The maximum atomic E-state index is 11.4. The van der Waals surface area contributed by atoms with Crippen molar-refractivity contribution in [1.29, 1.82) is 0 Å². The zero-order valence-electron chi connectivity index (χ0n) is 16.8. The quantitative estimate of drug-likeness (QED) is 0.615. The molecule has 1 N–H and O–H groups in total. The van der Waals surface area contributed by atoms with E-state index < -0.39 is 5.97 Å². The molecule has 152 valence electrons. The van der Waals surface area contributed by atoms with Crippen molar-refractivity contribution >= 4 is 17.6 Å². The lowest BCUT2D eigenvalue weighted by atomic mass is 10.1. The molecule has 3 aromatic rings. The van der Waals surface area contributed by atoms with Gasteiger partial charge in [-0.2, -0.15) is 0 Å². The molecular formula is C22H23ClN2O4. The molecule has 0 radical (unpaired) electrons. The van der Waals surface area contributed by atoms with Gasteiger partial charge >= 0.3 is 5.97 Å². The molecule has 0 aliphatic carbocycles. The summed E-state index contributed by atoms with van der Waals surface area (Å²) in [4.78, 5) is 15.9. The average Bonchev–Trinajstić information content (AvgIpc) is 2.97. The predicted octanol–water partition coefficient (Wildman–Crippen LogP) is 4.51. The summed E-state index contributed by atoms with van der Waals surface area (Å²) in [7, 11) is 3.25. The fourth-order valence-electron chi connectivity index (χ4n) is 3.40. The second kappa shape index (κ2) is 8.57. The van der Waals surface area contributed by atoms with E-state index in [0.717, 1.165) is 33.8 Å². The molecule has 0 amide bonds. The van der Waals surface area contributed by atoms with Gasteiger partial charge < -0.3 is 19.1 Å². The average molecular weight is 415 g/mol. The Morgan fingerprint density at radius 3 is 2.24 bits per heavy atom. The number of aryl methyl sites for hydroxylation is 2. The van der Waals surface area contributed by atoms with Crippen molar-refractivity contribution < 1.29 is 19.4 Å². The van der Waals surface area contributed by atoms with E-state index in [9.17, 15) is 9.90 Å². The zero-order chi connectivity index (χ0) is 21.1. The number of aliphatic carboxylic acids is 1. The molecule has 0 aliphatic heterocycles. The molecule has 0 saturated carbocycles. The molecule has 0 bridgehead atoms. The highest BCUT2D eigenvalue weighted by atomic mass is 35.5. The first-order valence-corrected chi connectivity index (χ1v) is 9.47. The van der Waals surface area contributed by atoms with Gasteiger partial charge in [-0.3, -0.25) is 4.79 Å². The largest absolute Gasteiger partial charge is 0.496 e. The molecule has 6 nitrogen and oxygen atoms in total. The van der Waals surface area contributed by atoms with Gasteiger partial charge in [0.05, 0.1) is 26.3 Å². The lowest BCUT2D eigenvalue weighted by Crippen LogP contribution is -2.11. The maximum Gasteiger partial charge on any atom is 0.309 e. The summed E-state index contributed by atoms with van der Waals surface area (Å²) in [5.74, 6) is 1.23. The smallest absolute Gasteiger partial charge is 0.309 e. The number of carbonyl (C=O) groups is 1. The Labute approximate surface area is 174 Å². The fourth-order valence-corrected chi connectivity index (χ4v) is 3.65. The van der Waals surface area contributed by atoms with Crippen LogP contribution in [0, 0.1) is 13.8 Å². The van der Waals surface area contributed by atoms with E-state index in [0.29, 0.717) is 18.1 Å². The van der Waals surface area contributed by atoms with E-state index in [1.54, 1.807) is 14.2 Å². The summed E-state index contributed by atoms with van der Waals surface area (Å²) < 4.78 is 12.5. The number of aromatic nitrogens is 2. The highest BCUT2D eigenvalue weighted by Crippen LogP contribution is 2.31. The Hall–Kier alpha value is -2.99. The Balaban J connectivity index is 2.11. The van der Waals surface area contributed by atoms with Crippen LogP contribution in [0.3, 0.4) is 0 Å². The Morgan fingerprint density at radius 2 is 1.69 bits per heavy atom. The van der Waals surface area contributed by atoms with Crippen LogP contribution in [0.15, 0.2) is 36.4 Å². The van der Waals surface area contributed by atoms with E-state index in [1.165, 1.54) is 0 Å². The number of ether oxygens (including phenoxy) is 2. The molecular weight excluding hydrogens is 392 g/mol. The van der Waals surface area contributed by atoms with Crippen LogP contribution in [-0.4, -0.2) is 34.8 Å². The Kier molecular flexibility index (Phi) is 6.13. The topological polar surface area (TPSA) is 73.6 Å². The molecule has 2 aromatic carbocycles. The Morgan fingerprint density at radius 1 is 1.07 bits per heavy atom. The number of nitrogens with zero attached hydrogens (tertiary/aromatic N) is 2. The van der Waals surface area contributed by atoms with Gasteiger partial charge in [0.25, 0.3) is 0 Å². The van der Waals surface area contributed by atoms with Gasteiger partial charge in [0.2, 0.25) is 0 Å². The van der Waals surface area contributed by atoms with Crippen molar-refractivity contribution in [3.63, 3.8) is 0 Å². The third-order valence-electron chi connectivity index (χ3n) is 4.80. The van der Waals surface area contributed by atoms with Gasteiger partial charge in [-0.15, -0.1) is 0 Å². The van der Waals surface area contributed by atoms with E-state index in [2.05, 4.69) is 4.98 Å². The van der Waals surface area contributed by atoms with Crippen molar-refractivity contribution in [2.75, 3.05) is 14.2 Å². The van der Waals surface area contributed by atoms with Crippen LogP contribution in [0.2, 0.25) is 5.15 Å². The minimum absolute atomic E-state index is 0.195. The number of methoxy groups -OCH3 is 2. The minimum Gasteiger partial charge on any atom is -0.496 e. The van der Waals surface area contributed by atoms with Crippen molar-refractivity contribution in [3.8, 4) is 22.9 Å². The van der Waals surface area contributed by atoms with Crippen molar-refractivity contribution in [3.05, 3.63) is 63.9 Å². The van der Waals surface area contributed by atoms with Crippen LogP contribution in [0.4, 0.5) is 0 Å². The van der Waals surface area contributed by atoms with Gasteiger partial charge in [0, 0.05) is 12.1 Å². The van der Waals surface area contributed by atoms with Gasteiger partial charge in [-0.05, 0) is 54.8 Å². The standard InChI is InChI=1S/C22H23ClN2O4/c1-13-9-15(5-7-18(13)28-3)12-25-17(11-20(26)27)21(23)24-22(25)16-6-8-19(29-4)14(2)10-16/h5-10H,11-12H2,1-4H3,(H,26,27). The van der Waals surface area contributed by atoms with E-state index in [-0.39, 0.29) is 11.6 Å². The third kappa shape index (κ3) is 4.38. The van der Waals surface area contributed by atoms with Crippen LogP contribution in [0.1, 0.15) is 22.4 Å². The molecule has 0 spiro atoms. The number of imidazole rings is 1. The molecule has 29 heavy (non-hydrogen) atoms. The summed E-state index contributed by atoms with van der Waals surface area (Å²) in [5, 5.41) is 9.55. The summed E-state index contributed by atoms with van der Waals surface area (Å²) >= 11 is 6.35. The molecule has 1 aromatic heterocycles. The number of hydrogen-bond acceptors (Lipinski definition) is 4. The molecule has 1 heterocycles. The lowest BCUT2D eigenvalue weighted by molar-refractivity contribution is -0.136. The van der Waals surface area contributed by atoms with E-state index in [4.69, 9.17) is 21.1 Å². The highest BCUT2D eigenvalue weighted by Gasteiger charge is 2.20. The molecule has 7 heteroatoms. The Bertz CT molecular complexity index is 1060.